The summed E-state index contributed by atoms with van der Waals surface area (Å²) in [5.74, 6) is 0.266. The van der Waals surface area contributed by atoms with E-state index in [4.69, 9.17) is 10.5 Å². The molecule has 2 aromatic carbocycles. The number of aromatic nitrogens is 1. The molecule has 0 saturated carbocycles. The molecule has 2 N–H and O–H groups in total. The predicted molar refractivity (Wildman–Crippen MR) is 165 cm³/mol. The Labute approximate surface area is 257 Å². The molecule has 1 aliphatic heterocycles. The molecule has 2 amide bonds. The van der Waals surface area contributed by atoms with Crippen LogP contribution in [0.15, 0.2) is 54.7 Å². The van der Waals surface area contributed by atoms with Gasteiger partial charge in [0.25, 0.3) is 5.91 Å². The first-order valence-corrected chi connectivity index (χ1v) is 15.1. The number of rotatable bonds is 9. The van der Waals surface area contributed by atoms with E-state index in [1.165, 1.54) is 25.1 Å². The Kier molecular flexibility index (Phi) is 10.2. The third-order valence-corrected chi connectivity index (χ3v) is 8.17. The second kappa shape index (κ2) is 13.7. The number of ether oxygens (including phenoxy) is 1. The van der Waals surface area contributed by atoms with Gasteiger partial charge in [0.1, 0.15) is 6.10 Å². The minimum Gasteiger partial charge on any atom is -0.482 e. The maximum atomic E-state index is 13.6. The van der Waals surface area contributed by atoms with Crippen molar-refractivity contribution in [2.24, 2.45) is 0 Å². The van der Waals surface area contributed by atoms with Crippen molar-refractivity contribution in [1.29, 1.82) is 0 Å². The van der Waals surface area contributed by atoms with Crippen LogP contribution in [0.5, 0.6) is 5.75 Å². The molecule has 7 nitrogen and oxygen atoms in total. The van der Waals surface area contributed by atoms with Gasteiger partial charge >= 0.3 is 6.18 Å². The van der Waals surface area contributed by atoms with Crippen LogP contribution in [0.3, 0.4) is 0 Å². The maximum absolute atomic E-state index is 13.6. The number of nitrogens with two attached hydrogens (primary N) is 1. The van der Waals surface area contributed by atoms with Crippen LogP contribution in [0.4, 0.5) is 19.0 Å². The Morgan fingerprint density at radius 1 is 1.05 bits per heavy atom. The summed E-state index contributed by atoms with van der Waals surface area (Å²) in [4.78, 5) is 34.4. The quantitative estimate of drug-likeness (QED) is 0.255. The third kappa shape index (κ3) is 7.34. The zero-order chi connectivity index (χ0) is 32.2. The molecule has 1 aliphatic rings. The van der Waals surface area contributed by atoms with Gasteiger partial charge in [0.2, 0.25) is 5.91 Å². The zero-order valence-corrected chi connectivity index (χ0v) is 25.9. The minimum atomic E-state index is -4.52. The average molecular weight is 611 g/mol. The summed E-state index contributed by atoms with van der Waals surface area (Å²) in [7, 11) is 0. The number of hydrogen-bond donors (Lipinski definition) is 1. The first-order valence-electron chi connectivity index (χ1n) is 15.1. The molecule has 4 rings (SSSR count). The number of aryl methyl sites for hydroxylation is 1. The molecule has 0 bridgehead atoms. The highest BCUT2D eigenvalue weighted by Crippen LogP contribution is 2.37. The van der Waals surface area contributed by atoms with E-state index < -0.39 is 17.8 Å². The van der Waals surface area contributed by atoms with Crippen molar-refractivity contribution in [2.45, 2.75) is 84.7 Å². The fraction of sp³-hybridized carbons (Fsp3) is 0.441. The Morgan fingerprint density at radius 3 is 2.36 bits per heavy atom. The van der Waals surface area contributed by atoms with Gasteiger partial charge < -0.3 is 20.3 Å². The van der Waals surface area contributed by atoms with Crippen LogP contribution in [0.1, 0.15) is 86.5 Å². The molecular formula is C34H41F3N4O3. The van der Waals surface area contributed by atoms with Gasteiger partial charge in [-0.05, 0) is 63.4 Å². The SMILES string of the molecule is CCCCCC(=O)N1[C@H](C)CN(C(=O)c2ccc(-c3cnc(N)c(OC(C)c4ccccc4C(F)(F)F)c3)cc2C)C[C@@H]1C. The monoisotopic (exact) mass is 610 g/mol. The normalized spacial score (nSPS) is 17.8. The van der Waals surface area contributed by atoms with E-state index >= 15 is 0 Å². The number of nitrogens with zero attached hydrogens (tertiary/aromatic N) is 3. The Bertz CT molecular complexity index is 1480. The summed E-state index contributed by atoms with van der Waals surface area (Å²) in [5, 5.41) is 0. The summed E-state index contributed by atoms with van der Waals surface area (Å²) in [6, 6.07) is 12.2. The van der Waals surface area contributed by atoms with Crippen LogP contribution in [-0.4, -0.2) is 51.8 Å². The van der Waals surface area contributed by atoms with Gasteiger partial charge in [-0.25, -0.2) is 4.98 Å². The van der Waals surface area contributed by atoms with Crippen molar-refractivity contribution in [1.82, 2.24) is 14.8 Å². The summed E-state index contributed by atoms with van der Waals surface area (Å²) in [6.07, 6.45) is -0.407. The topological polar surface area (TPSA) is 88.8 Å². The number of piperazine rings is 1. The largest absolute Gasteiger partial charge is 0.482 e. The minimum absolute atomic E-state index is 0.00570. The molecule has 3 atom stereocenters. The highest BCUT2D eigenvalue weighted by Gasteiger charge is 2.36. The van der Waals surface area contributed by atoms with Gasteiger partial charge in [-0.1, -0.05) is 50.1 Å². The van der Waals surface area contributed by atoms with E-state index in [-0.39, 0.29) is 41.0 Å². The van der Waals surface area contributed by atoms with E-state index in [9.17, 15) is 22.8 Å². The van der Waals surface area contributed by atoms with Crippen molar-refractivity contribution in [3.05, 3.63) is 77.0 Å². The number of unbranched alkanes of at least 4 members (excludes halogenated alkanes) is 2. The fourth-order valence-corrected chi connectivity index (χ4v) is 5.96. The number of halogens is 3. The molecule has 44 heavy (non-hydrogen) atoms. The Balaban J connectivity index is 1.49. The van der Waals surface area contributed by atoms with Crippen LogP contribution >= 0.6 is 0 Å². The molecule has 1 fully saturated rings. The summed E-state index contributed by atoms with van der Waals surface area (Å²) >= 11 is 0. The van der Waals surface area contributed by atoms with Gasteiger partial charge in [-0.15, -0.1) is 0 Å². The molecule has 1 aromatic heterocycles. The number of carbonyl (C=O) groups excluding carboxylic acids is 2. The molecule has 0 radical (unpaired) electrons. The standard InChI is InChI=1S/C34H41F3N4O3/c1-6-7-8-13-31(42)41-22(3)19-40(20-23(41)4)33(43)27-15-14-25(16-21(27)2)26-17-30(32(38)39-18-26)44-24(5)28-11-9-10-12-29(28)34(35,36)37/h9-12,14-18,22-24H,6-8,13,19-20H2,1-5H3,(H2,38,39)/t22-,23+,24?. The van der Waals surface area contributed by atoms with E-state index in [0.717, 1.165) is 36.5 Å². The number of nitrogen functional groups attached to an aromatic ring is 1. The van der Waals surface area contributed by atoms with E-state index in [2.05, 4.69) is 11.9 Å². The van der Waals surface area contributed by atoms with E-state index in [1.807, 2.05) is 36.6 Å². The van der Waals surface area contributed by atoms with Crippen LogP contribution < -0.4 is 10.5 Å². The van der Waals surface area contributed by atoms with Crippen molar-refractivity contribution < 1.29 is 27.5 Å². The summed E-state index contributed by atoms with van der Waals surface area (Å²) < 4.78 is 46.6. The summed E-state index contributed by atoms with van der Waals surface area (Å²) in [5.41, 5.74) is 7.99. The molecule has 0 aliphatic carbocycles. The van der Waals surface area contributed by atoms with Crippen molar-refractivity contribution in [3.63, 3.8) is 0 Å². The number of amides is 2. The molecule has 1 unspecified atom stereocenters. The predicted octanol–water partition coefficient (Wildman–Crippen LogP) is 7.44. The number of pyridine rings is 1. The van der Waals surface area contributed by atoms with Crippen molar-refractivity contribution in [3.8, 4) is 16.9 Å². The summed E-state index contributed by atoms with van der Waals surface area (Å²) in [6.45, 7) is 10.4. The Morgan fingerprint density at radius 2 is 1.73 bits per heavy atom. The molecule has 2 heterocycles. The second-order valence-electron chi connectivity index (χ2n) is 11.6. The van der Waals surface area contributed by atoms with Crippen LogP contribution in [0, 0.1) is 6.92 Å². The van der Waals surface area contributed by atoms with Crippen LogP contribution in [0.2, 0.25) is 0 Å². The lowest BCUT2D eigenvalue weighted by Crippen LogP contribution is -2.59. The molecule has 236 valence electrons. The first-order chi connectivity index (χ1) is 20.8. The van der Waals surface area contributed by atoms with Gasteiger partial charge in [0.15, 0.2) is 11.6 Å². The number of alkyl halides is 3. The van der Waals surface area contributed by atoms with Gasteiger partial charge in [-0.3, -0.25) is 9.59 Å². The average Bonchev–Trinajstić information content (AvgIpc) is 2.97. The van der Waals surface area contributed by atoms with Gasteiger partial charge in [-0.2, -0.15) is 13.2 Å². The molecular weight excluding hydrogens is 569 g/mol. The van der Waals surface area contributed by atoms with Crippen LogP contribution in [0.25, 0.3) is 11.1 Å². The van der Waals surface area contributed by atoms with E-state index in [0.29, 0.717) is 30.6 Å². The van der Waals surface area contributed by atoms with Crippen LogP contribution in [-0.2, 0) is 11.0 Å². The number of hydrogen-bond acceptors (Lipinski definition) is 5. The highest BCUT2D eigenvalue weighted by molar-refractivity contribution is 5.96. The third-order valence-electron chi connectivity index (χ3n) is 8.17. The molecule has 10 heteroatoms. The molecule has 1 saturated heterocycles. The number of benzene rings is 2. The second-order valence-corrected chi connectivity index (χ2v) is 11.6. The first kappa shape index (κ1) is 32.8. The van der Waals surface area contributed by atoms with Gasteiger partial charge in [0.05, 0.1) is 5.56 Å². The van der Waals surface area contributed by atoms with E-state index in [1.54, 1.807) is 24.4 Å². The smallest absolute Gasteiger partial charge is 0.416 e. The number of carbonyl (C=O) groups is 2. The Hall–Kier alpha value is -4.08. The lowest BCUT2D eigenvalue weighted by atomic mass is 9.98. The van der Waals surface area contributed by atoms with Gasteiger partial charge in [0, 0.05) is 54.5 Å². The number of anilines is 1. The molecule has 0 spiro atoms. The van der Waals surface area contributed by atoms with Crippen molar-refractivity contribution >= 4 is 17.6 Å². The maximum Gasteiger partial charge on any atom is 0.416 e. The lowest BCUT2D eigenvalue weighted by molar-refractivity contribution is -0.139. The van der Waals surface area contributed by atoms with Crippen molar-refractivity contribution in [2.75, 3.05) is 18.8 Å². The molecule has 3 aromatic rings. The fourth-order valence-electron chi connectivity index (χ4n) is 5.96. The highest BCUT2D eigenvalue weighted by atomic mass is 19.4. The lowest BCUT2D eigenvalue weighted by Gasteiger charge is -2.44. The zero-order valence-electron chi connectivity index (χ0n) is 25.9.